The van der Waals surface area contributed by atoms with Gasteiger partial charge in [-0.2, -0.15) is 5.26 Å². The molecule has 0 spiro atoms. The first-order valence-electron chi connectivity index (χ1n) is 4.46. The first-order valence-corrected chi connectivity index (χ1v) is 6.25. The van der Waals surface area contributed by atoms with Gasteiger partial charge < -0.3 is 0 Å². The molecule has 1 rings (SSSR count). The standard InChI is InChI=1S/C10H10Cl2N2S/c1-7(2-4-11)15-10-9(12)8(6-13)3-5-14-10/h3,5,7H,2,4H2,1H3. The minimum absolute atomic E-state index is 0.349. The van der Waals surface area contributed by atoms with Crippen LogP contribution < -0.4 is 0 Å². The Morgan fingerprint density at radius 2 is 2.40 bits per heavy atom. The van der Waals surface area contributed by atoms with Crippen LogP contribution in [0.2, 0.25) is 5.02 Å². The van der Waals surface area contributed by atoms with E-state index in [1.165, 1.54) is 0 Å². The molecular weight excluding hydrogens is 251 g/mol. The average molecular weight is 261 g/mol. The van der Waals surface area contributed by atoms with Crippen molar-refractivity contribution >= 4 is 35.0 Å². The lowest BCUT2D eigenvalue weighted by Gasteiger charge is -2.09. The molecule has 0 radical (unpaired) electrons. The van der Waals surface area contributed by atoms with Crippen LogP contribution in [0.4, 0.5) is 0 Å². The molecule has 1 aromatic heterocycles. The van der Waals surface area contributed by atoms with Crippen LogP contribution in [0.1, 0.15) is 18.9 Å². The number of nitriles is 1. The number of aromatic nitrogens is 1. The summed E-state index contributed by atoms with van der Waals surface area (Å²) in [6.45, 7) is 2.06. The molecule has 0 saturated carbocycles. The largest absolute Gasteiger partial charge is 0.248 e. The van der Waals surface area contributed by atoms with Crippen molar-refractivity contribution in [2.75, 3.05) is 5.88 Å². The van der Waals surface area contributed by atoms with Gasteiger partial charge in [-0.1, -0.05) is 18.5 Å². The van der Waals surface area contributed by atoms with E-state index in [1.807, 2.05) is 6.07 Å². The van der Waals surface area contributed by atoms with E-state index in [2.05, 4.69) is 11.9 Å². The molecule has 0 bridgehead atoms. The maximum atomic E-state index is 8.79. The lowest BCUT2D eigenvalue weighted by molar-refractivity contribution is 0.907. The molecule has 5 heteroatoms. The number of pyridine rings is 1. The molecule has 1 aromatic rings. The van der Waals surface area contributed by atoms with Crippen molar-refractivity contribution in [1.29, 1.82) is 5.26 Å². The highest BCUT2D eigenvalue weighted by atomic mass is 35.5. The van der Waals surface area contributed by atoms with E-state index >= 15 is 0 Å². The van der Waals surface area contributed by atoms with Gasteiger partial charge in [0.15, 0.2) is 0 Å². The van der Waals surface area contributed by atoms with Gasteiger partial charge in [0.2, 0.25) is 0 Å². The summed E-state index contributed by atoms with van der Waals surface area (Å²) in [6.07, 6.45) is 2.49. The second-order valence-electron chi connectivity index (χ2n) is 3.00. The first kappa shape index (κ1) is 12.6. The molecule has 15 heavy (non-hydrogen) atoms. The number of hydrogen-bond donors (Lipinski definition) is 0. The number of rotatable bonds is 4. The molecule has 0 aromatic carbocycles. The SMILES string of the molecule is CC(CCCl)Sc1nccc(C#N)c1Cl. The maximum Gasteiger partial charge on any atom is 0.116 e. The summed E-state index contributed by atoms with van der Waals surface area (Å²) in [5.74, 6) is 0.615. The van der Waals surface area contributed by atoms with Crippen LogP contribution in [-0.4, -0.2) is 16.1 Å². The topological polar surface area (TPSA) is 36.7 Å². The normalized spacial score (nSPS) is 12.1. The minimum Gasteiger partial charge on any atom is -0.248 e. The summed E-state index contributed by atoms with van der Waals surface area (Å²) in [5, 5.41) is 10.3. The van der Waals surface area contributed by atoms with E-state index in [-0.39, 0.29) is 0 Å². The van der Waals surface area contributed by atoms with Gasteiger partial charge in [-0.15, -0.1) is 23.4 Å². The first-order chi connectivity index (χ1) is 7.19. The molecule has 0 fully saturated rings. The molecule has 0 aliphatic rings. The Morgan fingerprint density at radius 1 is 1.67 bits per heavy atom. The molecule has 1 atom stereocenters. The second-order valence-corrected chi connectivity index (χ2v) is 5.18. The van der Waals surface area contributed by atoms with E-state index in [0.717, 1.165) is 6.42 Å². The van der Waals surface area contributed by atoms with E-state index in [9.17, 15) is 0 Å². The van der Waals surface area contributed by atoms with Crippen molar-refractivity contribution < 1.29 is 0 Å². The van der Waals surface area contributed by atoms with Crippen LogP contribution in [-0.2, 0) is 0 Å². The fourth-order valence-corrected chi connectivity index (χ4v) is 2.69. The summed E-state index contributed by atoms with van der Waals surface area (Å²) in [7, 11) is 0. The summed E-state index contributed by atoms with van der Waals surface area (Å²) in [5.41, 5.74) is 0.465. The third-order valence-electron chi connectivity index (χ3n) is 1.81. The summed E-state index contributed by atoms with van der Waals surface area (Å²) in [6, 6.07) is 3.64. The van der Waals surface area contributed by atoms with Gasteiger partial charge in [0.25, 0.3) is 0 Å². The van der Waals surface area contributed by atoms with Crippen molar-refractivity contribution in [3.05, 3.63) is 22.8 Å². The van der Waals surface area contributed by atoms with Crippen molar-refractivity contribution in [1.82, 2.24) is 4.98 Å². The molecule has 1 unspecified atom stereocenters. The predicted molar refractivity (Wildman–Crippen MR) is 64.6 cm³/mol. The van der Waals surface area contributed by atoms with Gasteiger partial charge in [0, 0.05) is 17.3 Å². The van der Waals surface area contributed by atoms with Crippen molar-refractivity contribution in [2.45, 2.75) is 23.6 Å². The van der Waals surface area contributed by atoms with Crippen LogP contribution in [0.5, 0.6) is 0 Å². The lowest BCUT2D eigenvalue weighted by atomic mass is 10.3. The van der Waals surface area contributed by atoms with E-state index in [0.29, 0.717) is 26.7 Å². The van der Waals surface area contributed by atoms with Gasteiger partial charge in [-0.3, -0.25) is 0 Å². The fourth-order valence-electron chi connectivity index (χ4n) is 0.996. The van der Waals surface area contributed by atoms with Crippen molar-refractivity contribution in [3.8, 4) is 6.07 Å². The van der Waals surface area contributed by atoms with Crippen LogP contribution in [0, 0.1) is 11.3 Å². The van der Waals surface area contributed by atoms with Crippen molar-refractivity contribution in [2.24, 2.45) is 0 Å². The smallest absolute Gasteiger partial charge is 0.116 e. The zero-order chi connectivity index (χ0) is 11.3. The van der Waals surface area contributed by atoms with Crippen LogP contribution in [0.15, 0.2) is 17.3 Å². The van der Waals surface area contributed by atoms with Crippen LogP contribution >= 0.6 is 35.0 Å². The lowest BCUT2D eigenvalue weighted by Crippen LogP contribution is -1.98. The van der Waals surface area contributed by atoms with Gasteiger partial charge in [-0.05, 0) is 12.5 Å². The molecule has 0 amide bonds. The molecule has 1 heterocycles. The summed E-state index contributed by atoms with van der Waals surface area (Å²) >= 11 is 13.2. The molecule has 0 N–H and O–H groups in total. The predicted octanol–water partition coefficient (Wildman–Crippen LogP) is 3.72. The van der Waals surface area contributed by atoms with Crippen LogP contribution in [0.25, 0.3) is 0 Å². The van der Waals surface area contributed by atoms with E-state index in [4.69, 9.17) is 28.5 Å². The van der Waals surface area contributed by atoms with Crippen molar-refractivity contribution in [3.63, 3.8) is 0 Å². The number of alkyl halides is 1. The van der Waals surface area contributed by atoms with Gasteiger partial charge in [0.05, 0.1) is 10.6 Å². The van der Waals surface area contributed by atoms with E-state index in [1.54, 1.807) is 24.0 Å². The molecule has 80 valence electrons. The summed E-state index contributed by atoms with van der Waals surface area (Å²) < 4.78 is 0. The Balaban J connectivity index is 2.82. The Morgan fingerprint density at radius 3 is 3.00 bits per heavy atom. The quantitative estimate of drug-likeness (QED) is 0.612. The molecule has 0 aliphatic heterocycles. The molecule has 0 aliphatic carbocycles. The zero-order valence-electron chi connectivity index (χ0n) is 8.20. The summed E-state index contributed by atoms with van der Waals surface area (Å²) in [4.78, 5) is 4.15. The zero-order valence-corrected chi connectivity index (χ0v) is 10.5. The van der Waals surface area contributed by atoms with Gasteiger partial charge in [-0.25, -0.2) is 4.98 Å². The van der Waals surface area contributed by atoms with E-state index < -0.39 is 0 Å². The number of halogens is 2. The Kier molecular flexibility index (Phi) is 5.24. The Hall–Kier alpha value is -0.430. The Labute approximate surface area is 104 Å². The third-order valence-corrected chi connectivity index (χ3v) is 3.69. The molecular formula is C10H10Cl2N2S. The highest BCUT2D eigenvalue weighted by Crippen LogP contribution is 2.31. The number of thioether (sulfide) groups is 1. The Bertz CT molecular complexity index is 376. The molecule has 0 saturated heterocycles. The number of nitrogens with zero attached hydrogens (tertiary/aromatic N) is 2. The third kappa shape index (κ3) is 3.57. The molecule has 2 nitrogen and oxygen atoms in total. The second kappa shape index (κ2) is 6.22. The monoisotopic (exact) mass is 260 g/mol. The van der Waals surface area contributed by atoms with Crippen LogP contribution in [0.3, 0.4) is 0 Å². The highest BCUT2D eigenvalue weighted by molar-refractivity contribution is 7.99. The fraction of sp³-hybridized carbons (Fsp3) is 0.400. The van der Waals surface area contributed by atoms with Gasteiger partial charge in [0.1, 0.15) is 11.1 Å². The van der Waals surface area contributed by atoms with Gasteiger partial charge >= 0.3 is 0 Å². The number of hydrogen-bond acceptors (Lipinski definition) is 3. The highest BCUT2D eigenvalue weighted by Gasteiger charge is 2.11. The minimum atomic E-state index is 0.349. The maximum absolute atomic E-state index is 8.79. The average Bonchev–Trinajstić information content (AvgIpc) is 2.21.